The summed E-state index contributed by atoms with van der Waals surface area (Å²) in [5, 5.41) is 7.67. The standard InChI is InChI=1S/C45H59FN8O5S/c1-9-29-30-12-13-31-35-22-60-36(48-35)20-34(49-42(55)37-25(2)26(37)3)43(56)54-14-10-11-33(50-54)44(57)59-24-45(5,6)23-53(41(30)38(31)46)40(29)32-19-28(21-47-39(32)27(4)58-8)52-17-15-51(7)16-18-52/h12-13,19,21-22,25-27,33-34,37,50H,9-11,14-18,20,23-24H2,1-8H3,(H,49,55)/t25-,26+,27-,33-,34-,37?/m0/s1. The van der Waals surface area contributed by atoms with Gasteiger partial charge < -0.3 is 29.2 Å². The Bertz CT molecular complexity index is 2280. The average Bonchev–Trinajstić information content (AvgIpc) is 3.50. The third-order valence-electron chi connectivity index (χ3n) is 13.3. The van der Waals surface area contributed by atoms with E-state index in [-0.39, 0.29) is 48.7 Å². The van der Waals surface area contributed by atoms with E-state index in [0.717, 1.165) is 59.8 Å². The van der Waals surface area contributed by atoms with Gasteiger partial charge in [-0.15, -0.1) is 11.3 Å². The molecule has 6 heterocycles. The number of cyclic esters (lactones) is 1. The molecule has 3 aliphatic heterocycles. The molecule has 4 aliphatic rings. The Labute approximate surface area is 356 Å². The van der Waals surface area contributed by atoms with E-state index in [2.05, 4.69) is 45.1 Å². The maximum atomic E-state index is 17.7. The zero-order valence-corrected chi connectivity index (χ0v) is 37.0. The number of methoxy groups -OCH3 is 1. The highest BCUT2D eigenvalue weighted by Gasteiger charge is 2.49. The molecule has 60 heavy (non-hydrogen) atoms. The Morgan fingerprint density at radius 1 is 1.13 bits per heavy atom. The van der Waals surface area contributed by atoms with Gasteiger partial charge in [0.15, 0.2) is 5.82 Å². The van der Waals surface area contributed by atoms with Gasteiger partial charge in [-0.3, -0.25) is 24.4 Å². The Hall–Kier alpha value is -4.44. The number of anilines is 1. The van der Waals surface area contributed by atoms with Crippen LogP contribution in [0, 0.1) is 29.0 Å². The van der Waals surface area contributed by atoms with Crippen molar-refractivity contribution in [3.63, 3.8) is 0 Å². The summed E-state index contributed by atoms with van der Waals surface area (Å²) in [4.78, 5) is 56.1. The topological polar surface area (TPSA) is 134 Å². The monoisotopic (exact) mass is 842 g/mol. The van der Waals surface area contributed by atoms with Gasteiger partial charge in [-0.2, -0.15) is 0 Å². The predicted molar refractivity (Wildman–Crippen MR) is 231 cm³/mol. The number of hydrogen-bond donors (Lipinski definition) is 2. The highest BCUT2D eigenvalue weighted by Crippen LogP contribution is 2.46. The van der Waals surface area contributed by atoms with E-state index in [1.807, 2.05) is 52.3 Å². The second-order valence-corrected chi connectivity index (χ2v) is 19.0. The van der Waals surface area contributed by atoms with Crippen LogP contribution in [0.15, 0.2) is 29.8 Å². The minimum absolute atomic E-state index is 0.0483. The number of aromatic nitrogens is 3. The van der Waals surface area contributed by atoms with Crippen molar-refractivity contribution < 1.29 is 28.2 Å². The molecule has 1 aromatic carbocycles. The molecule has 6 atom stereocenters. The zero-order valence-electron chi connectivity index (χ0n) is 36.1. The number of piperazine rings is 1. The van der Waals surface area contributed by atoms with E-state index in [1.165, 1.54) is 16.3 Å². The average molecular weight is 843 g/mol. The Morgan fingerprint density at radius 2 is 1.88 bits per heavy atom. The maximum Gasteiger partial charge on any atom is 0.324 e. The molecule has 1 unspecified atom stereocenters. The number of benzene rings is 1. The summed E-state index contributed by atoms with van der Waals surface area (Å²) in [7, 11) is 3.81. The lowest BCUT2D eigenvalue weighted by Crippen LogP contribution is -2.60. The fourth-order valence-electron chi connectivity index (χ4n) is 9.28. The molecular formula is C45H59FN8O5S. The van der Waals surface area contributed by atoms with E-state index in [4.69, 9.17) is 19.4 Å². The van der Waals surface area contributed by atoms with Crippen LogP contribution in [-0.4, -0.2) is 108 Å². The fraction of sp³-hybridized carbons (Fsp3) is 0.578. The van der Waals surface area contributed by atoms with E-state index in [9.17, 15) is 14.4 Å². The van der Waals surface area contributed by atoms with E-state index >= 15 is 4.39 Å². The van der Waals surface area contributed by atoms with Crippen LogP contribution in [0.25, 0.3) is 33.4 Å². The minimum atomic E-state index is -0.935. The van der Waals surface area contributed by atoms with Crippen LogP contribution in [0.3, 0.4) is 0 Å². The number of carbonyl (C=O) groups is 3. The van der Waals surface area contributed by atoms with Crippen LogP contribution < -0.4 is 15.6 Å². The number of nitrogens with zero attached hydrogens (tertiary/aromatic N) is 6. The summed E-state index contributed by atoms with van der Waals surface area (Å²) in [6.07, 6.45) is 3.39. The molecule has 1 aliphatic carbocycles. The Morgan fingerprint density at radius 3 is 2.58 bits per heavy atom. The first-order chi connectivity index (χ1) is 28.7. The number of carbonyl (C=O) groups excluding carboxylic acids is 3. The number of aryl methyl sites for hydroxylation is 1. The summed E-state index contributed by atoms with van der Waals surface area (Å²) >= 11 is 1.33. The number of likely N-dealkylation sites (N-methyl/N-ethyl adjacent to an activating group) is 1. The van der Waals surface area contributed by atoms with Crippen molar-refractivity contribution in [1.82, 2.24) is 35.2 Å². The first-order valence-electron chi connectivity index (χ1n) is 21.5. The molecular weight excluding hydrogens is 784 g/mol. The van der Waals surface area contributed by atoms with Gasteiger partial charge in [0.1, 0.15) is 12.1 Å². The molecule has 0 spiro atoms. The molecule has 1 saturated carbocycles. The zero-order chi connectivity index (χ0) is 42.6. The number of nitrogens with one attached hydrogen (secondary N) is 2. The highest BCUT2D eigenvalue weighted by molar-refractivity contribution is 7.10. The number of hydrogen-bond acceptors (Lipinski definition) is 11. The quantitative estimate of drug-likeness (QED) is 0.214. The van der Waals surface area contributed by atoms with Crippen molar-refractivity contribution in [2.75, 3.05) is 58.4 Å². The first kappa shape index (κ1) is 42.3. The van der Waals surface area contributed by atoms with Gasteiger partial charge in [-0.05, 0) is 62.8 Å². The number of rotatable bonds is 7. The van der Waals surface area contributed by atoms with Gasteiger partial charge >= 0.3 is 5.97 Å². The molecule has 4 aromatic rings. The third-order valence-corrected chi connectivity index (χ3v) is 14.1. The van der Waals surface area contributed by atoms with Gasteiger partial charge in [0, 0.05) is 86.0 Å². The molecule has 2 amide bonds. The third kappa shape index (κ3) is 8.05. The molecule has 3 aromatic heterocycles. The van der Waals surface area contributed by atoms with Crippen LogP contribution in [0.1, 0.15) is 76.8 Å². The number of thiazole rings is 1. The summed E-state index contributed by atoms with van der Waals surface area (Å²) in [5.74, 6) is -1.13. The molecule has 0 radical (unpaired) electrons. The first-order valence-corrected chi connectivity index (χ1v) is 22.4. The van der Waals surface area contributed by atoms with Crippen molar-refractivity contribution in [1.29, 1.82) is 0 Å². The van der Waals surface area contributed by atoms with Gasteiger partial charge in [0.2, 0.25) is 5.91 Å². The van der Waals surface area contributed by atoms with Crippen LogP contribution in [0.4, 0.5) is 10.1 Å². The lowest BCUT2D eigenvalue weighted by Gasteiger charge is -2.35. The molecule has 2 N–H and O–H groups in total. The molecule has 8 rings (SSSR count). The van der Waals surface area contributed by atoms with Crippen molar-refractivity contribution in [2.24, 2.45) is 23.2 Å². The highest BCUT2D eigenvalue weighted by atomic mass is 32.1. The van der Waals surface area contributed by atoms with Crippen LogP contribution in [-0.2, 0) is 43.2 Å². The van der Waals surface area contributed by atoms with Crippen molar-refractivity contribution in [3.05, 3.63) is 51.9 Å². The van der Waals surface area contributed by atoms with Gasteiger partial charge in [0.05, 0.1) is 52.2 Å². The minimum Gasteiger partial charge on any atom is -0.464 e. The fourth-order valence-corrected chi connectivity index (χ4v) is 10.1. The summed E-state index contributed by atoms with van der Waals surface area (Å²) in [6.45, 7) is 16.5. The molecule has 3 fully saturated rings. The molecule has 2 saturated heterocycles. The van der Waals surface area contributed by atoms with Crippen LogP contribution in [0.5, 0.6) is 0 Å². The molecule has 15 heteroatoms. The maximum absolute atomic E-state index is 17.7. The smallest absolute Gasteiger partial charge is 0.324 e. The SMILES string of the molecule is CCc1c(-c2cc(N3CCN(C)CC3)cnc2[C@H](C)OC)n2c3c(F)c(ccc13)-c1csc(n1)C[C@H](NC(=O)C1[C@@H](C)[C@H]1C)C(=O)N1CCC[C@H](N1)C(=O)OCC(C)(C)C2. The van der Waals surface area contributed by atoms with Gasteiger partial charge in [-0.25, -0.2) is 14.8 Å². The number of halogens is 1. The van der Waals surface area contributed by atoms with E-state index in [0.29, 0.717) is 54.1 Å². The second-order valence-electron chi connectivity index (χ2n) is 18.1. The number of amides is 2. The largest absolute Gasteiger partial charge is 0.464 e. The van der Waals surface area contributed by atoms with Gasteiger partial charge in [-0.1, -0.05) is 40.7 Å². The molecule has 6 bridgehead atoms. The van der Waals surface area contributed by atoms with Crippen LogP contribution in [0.2, 0.25) is 0 Å². The summed E-state index contributed by atoms with van der Waals surface area (Å²) < 4.78 is 31.8. The molecule has 322 valence electrons. The van der Waals surface area contributed by atoms with Crippen molar-refractivity contribution in [3.8, 4) is 22.5 Å². The Kier molecular flexibility index (Phi) is 11.8. The van der Waals surface area contributed by atoms with Crippen LogP contribution >= 0.6 is 11.3 Å². The number of fused-ring (bicyclic) bond motifs is 6. The number of esters is 1. The molecule has 13 nitrogen and oxygen atoms in total. The normalized spacial score (nSPS) is 25.5. The second kappa shape index (κ2) is 16.8. The predicted octanol–water partition coefficient (Wildman–Crippen LogP) is 6.00. The lowest BCUT2D eigenvalue weighted by atomic mass is 9.93. The summed E-state index contributed by atoms with van der Waals surface area (Å²) in [5.41, 5.74) is 8.18. The number of ether oxygens (including phenoxy) is 2. The summed E-state index contributed by atoms with van der Waals surface area (Å²) in [6, 6.07) is 4.28. The van der Waals surface area contributed by atoms with Gasteiger partial charge in [0.25, 0.3) is 5.91 Å². The van der Waals surface area contributed by atoms with Crippen molar-refractivity contribution in [2.45, 2.75) is 92.0 Å². The number of hydrazine groups is 1. The Balaban J connectivity index is 1.28. The van der Waals surface area contributed by atoms with E-state index < -0.39 is 29.3 Å². The van der Waals surface area contributed by atoms with E-state index in [1.54, 1.807) is 13.2 Å². The lowest BCUT2D eigenvalue weighted by molar-refractivity contribution is -0.155. The number of pyridine rings is 1. The van der Waals surface area contributed by atoms with Crippen molar-refractivity contribution >= 4 is 45.7 Å².